The van der Waals surface area contributed by atoms with Crippen LogP contribution in [0.5, 0.6) is 0 Å². The van der Waals surface area contributed by atoms with Crippen LogP contribution in [0.25, 0.3) is 0 Å². The minimum atomic E-state index is -0.440. The molecule has 1 unspecified atom stereocenters. The van der Waals surface area contributed by atoms with Crippen molar-refractivity contribution in [2.75, 3.05) is 18.1 Å². The molecule has 1 aromatic heterocycles. The average Bonchev–Trinajstić information content (AvgIpc) is 2.90. The highest BCUT2D eigenvalue weighted by molar-refractivity contribution is 7.98. The molecule has 0 aliphatic carbocycles. The number of para-hydroxylation sites is 1. The number of thiophene rings is 1. The first-order chi connectivity index (χ1) is 8.31. The van der Waals surface area contributed by atoms with Crippen molar-refractivity contribution in [3.63, 3.8) is 0 Å². The molecule has 0 aliphatic heterocycles. The first kappa shape index (κ1) is 12.5. The third-order valence-electron chi connectivity index (χ3n) is 2.46. The standard InChI is InChI=1S/C13H15NOS2/c1-16-12-6-3-2-5-10(12)14-9-11(15)13-7-4-8-17-13/h2-8,11,14-15H,9H2,1H3. The summed E-state index contributed by atoms with van der Waals surface area (Å²) >= 11 is 3.28. The summed E-state index contributed by atoms with van der Waals surface area (Å²) in [6.07, 6.45) is 1.61. The van der Waals surface area contributed by atoms with Gasteiger partial charge in [-0.25, -0.2) is 0 Å². The molecule has 90 valence electrons. The fourth-order valence-corrected chi connectivity index (χ4v) is 2.87. The van der Waals surface area contributed by atoms with E-state index in [2.05, 4.69) is 17.6 Å². The summed E-state index contributed by atoms with van der Waals surface area (Å²) in [4.78, 5) is 2.20. The van der Waals surface area contributed by atoms with E-state index in [1.54, 1.807) is 23.1 Å². The third kappa shape index (κ3) is 3.25. The Bertz CT molecular complexity index is 456. The van der Waals surface area contributed by atoms with E-state index < -0.39 is 6.10 Å². The van der Waals surface area contributed by atoms with Gasteiger partial charge >= 0.3 is 0 Å². The van der Waals surface area contributed by atoms with Gasteiger partial charge in [-0.15, -0.1) is 23.1 Å². The summed E-state index contributed by atoms with van der Waals surface area (Å²) in [6.45, 7) is 0.540. The Morgan fingerprint density at radius 1 is 1.29 bits per heavy atom. The summed E-state index contributed by atoms with van der Waals surface area (Å²) < 4.78 is 0. The molecule has 0 radical (unpaired) electrons. The highest BCUT2D eigenvalue weighted by Gasteiger charge is 2.08. The topological polar surface area (TPSA) is 32.3 Å². The SMILES string of the molecule is CSc1ccccc1NCC(O)c1cccs1. The smallest absolute Gasteiger partial charge is 0.105 e. The molecule has 0 fully saturated rings. The molecule has 0 spiro atoms. The Hall–Kier alpha value is -0.970. The molecule has 4 heteroatoms. The van der Waals surface area contributed by atoms with Crippen LogP contribution in [-0.2, 0) is 0 Å². The summed E-state index contributed by atoms with van der Waals surface area (Å²) in [5.74, 6) is 0. The van der Waals surface area contributed by atoms with Crippen LogP contribution in [0.3, 0.4) is 0 Å². The molecule has 2 aromatic rings. The number of rotatable bonds is 5. The van der Waals surface area contributed by atoms with Crippen molar-refractivity contribution in [3.05, 3.63) is 46.7 Å². The van der Waals surface area contributed by atoms with Gasteiger partial charge in [0.2, 0.25) is 0 Å². The zero-order valence-corrected chi connectivity index (χ0v) is 11.2. The quantitative estimate of drug-likeness (QED) is 0.810. The molecule has 1 atom stereocenters. The number of nitrogens with one attached hydrogen (secondary N) is 1. The molecular weight excluding hydrogens is 250 g/mol. The predicted molar refractivity (Wildman–Crippen MR) is 76.0 cm³/mol. The fourth-order valence-electron chi connectivity index (χ4n) is 1.58. The number of benzene rings is 1. The number of thioether (sulfide) groups is 1. The van der Waals surface area contributed by atoms with E-state index in [-0.39, 0.29) is 0 Å². The summed E-state index contributed by atoms with van der Waals surface area (Å²) in [5.41, 5.74) is 1.08. The van der Waals surface area contributed by atoms with Crippen LogP contribution in [0.4, 0.5) is 5.69 Å². The summed E-state index contributed by atoms with van der Waals surface area (Å²) in [5, 5.41) is 15.2. The van der Waals surface area contributed by atoms with Crippen molar-refractivity contribution in [1.82, 2.24) is 0 Å². The molecule has 17 heavy (non-hydrogen) atoms. The van der Waals surface area contributed by atoms with E-state index in [0.29, 0.717) is 6.54 Å². The van der Waals surface area contributed by atoms with Crippen molar-refractivity contribution >= 4 is 28.8 Å². The molecule has 0 amide bonds. The molecule has 0 bridgehead atoms. The van der Waals surface area contributed by atoms with Gasteiger partial charge in [-0.2, -0.15) is 0 Å². The normalized spacial score (nSPS) is 12.4. The first-order valence-electron chi connectivity index (χ1n) is 5.39. The van der Waals surface area contributed by atoms with Crippen LogP contribution < -0.4 is 5.32 Å². The largest absolute Gasteiger partial charge is 0.386 e. The van der Waals surface area contributed by atoms with Gasteiger partial charge in [0.15, 0.2) is 0 Å². The first-order valence-corrected chi connectivity index (χ1v) is 7.50. The molecule has 0 saturated carbocycles. The molecule has 2 N–H and O–H groups in total. The van der Waals surface area contributed by atoms with E-state index in [9.17, 15) is 5.11 Å². The van der Waals surface area contributed by atoms with E-state index in [1.165, 1.54) is 4.90 Å². The van der Waals surface area contributed by atoms with Crippen molar-refractivity contribution in [1.29, 1.82) is 0 Å². The van der Waals surface area contributed by atoms with Gasteiger partial charge in [-0.05, 0) is 29.8 Å². The molecule has 1 heterocycles. The van der Waals surface area contributed by atoms with Gasteiger partial charge in [0.05, 0.1) is 0 Å². The van der Waals surface area contributed by atoms with Gasteiger partial charge in [-0.3, -0.25) is 0 Å². The Morgan fingerprint density at radius 3 is 2.82 bits per heavy atom. The van der Waals surface area contributed by atoms with E-state index in [0.717, 1.165) is 10.6 Å². The van der Waals surface area contributed by atoms with Gasteiger partial charge in [0, 0.05) is 22.0 Å². The lowest BCUT2D eigenvalue weighted by molar-refractivity contribution is 0.195. The van der Waals surface area contributed by atoms with E-state index >= 15 is 0 Å². The monoisotopic (exact) mass is 265 g/mol. The Labute approximate surface area is 110 Å². The van der Waals surface area contributed by atoms with Gasteiger partial charge in [-0.1, -0.05) is 18.2 Å². The highest BCUT2D eigenvalue weighted by Crippen LogP contribution is 2.26. The molecule has 2 nitrogen and oxygen atoms in total. The maximum absolute atomic E-state index is 9.98. The lowest BCUT2D eigenvalue weighted by Gasteiger charge is -2.13. The fraction of sp³-hybridized carbons (Fsp3) is 0.231. The van der Waals surface area contributed by atoms with Crippen LogP contribution in [-0.4, -0.2) is 17.9 Å². The van der Waals surface area contributed by atoms with Crippen LogP contribution in [0, 0.1) is 0 Å². The Kier molecular flexibility index (Phi) is 4.48. The second-order valence-electron chi connectivity index (χ2n) is 3.61. The van der Waals surface area contributed by atoms with Crippen molar-refractivity contribution < 1.29 is 5.11 Å². The van der Waals surface area contributed by atoms with Crippen molar-refractivity contribution in [2.45, 2.75) is 11.0 Å². The second-order valence-corrected chi connectivity index (χ2v) is 5.44. The number of hydrogen-bond acceptors (Lipinski definition) is 4. The lowest BCUT2D eigenvalue weighted by atomic mass is 10.2. The molecule has 0 aliphatic rings. The van der Waals surface area contributed by atoms with Crippen LogP contribution >= 0.6 is 23.1 Å². The number of aliphatic hydroxyl groups is 1. The average molecular weight is 265 g/mol. The minimum Gasteiger partial charge on any atom is -0.386 e. The molecule has 0 saturated heterocycles. The van der Waals surface area contributed by atoms with Gasteiger partial charge in [0.1, 0.15) is 6.10 Å². The minimum absolute atomic E-state index is 0.440. The number of aliphatic hydroxyl groups excluding tert-OH is 1. The molecular formula is C13H15NOS2. The number of anilines is 1. The summed E-state index contributed by atoms with van der Waals surface area (Å²) in [7, 11) is 0. The van der Waals surface area contributed by atoms with Crippen LogP contribution in [0.2, 0.25) is 0 Å². The van der Waals surface area contributed by atoms with Gasteiger partial charge in [0.25, 0.3) is 0 Å². The summed E-state index contributed by atoms with van der Waals surface area (Å²) in [6, 6.07) is 12.0. The Balaban J connectivity index is 1.98. The lowest BCUT2D eigenvalue weighted by Crippen LogP contribution is -2.11. The van der Waals surface area contributed by atoms with Crippen LogP contribution in [0.1, 0.15) is 11.0 Å². The zero-order chi connectivity index (χ0) is 12.1. The van der Waals surface area contributed by atoms with Crippen molar-refractivity contribution in [3.8, 4) is 0 Å². The molecule has 2 rings (SSSR count). The van der Waals surface area contributed by atoms with Crippen LogP contribution in [0.15, 0.2) is 46.7 Å². The van der Waals surface area contributed by atoms with Crippen molar-refractivity contribution in [2.24, 2.45) is 0 Å². The highest BCUT2D eigenvalue weighted by atomic mass is 32.2. The second kappa shape index (κ2) is 6.10. The molecule has 1 aromatic carbocycles. The third-order valence-corrected chi connectivity index (χ3v) is 4.23. The van der Waals surface area contributed by atoms with Gasteiger partial charge < -0.3 is 10.4 Å². The maximum Gasteiger partial charge on any atom is 0.105 e. The maximum atomic E-state index is 9.98. The number of hydrogen-bond donors (Lipinski definition) is 2. The van der Waals surface area contributed by atoms with E-state index in [4.69, 9.17) is 0 Å². The van der Waals surface area contributed by atoms with E-state index in [1.807, 2.05) is 35.7 Å². The zero-order valence-electron chi connectivity index (χ0n) is 9.59. The Morgan fingerprint density at radius 2 is 2.12 bits per heavy atom. The predicted octanol–water partition coefficient (Wildman–Crippen LogP) is 3.62.